The topological polar surface area (TPSA) is 122 Å². The number of carboxylic acid groups (broad SMARTS) is 1. The van der Waals surface area contributed by atoms with Crippen LogP contribution in [0.4, 0.5) is 16.2 Å². The lowest BCUT2D eigenvalue weighted by Gasteiger charge is -2.16. The molecular weight excluding hydrogens is 278 g/mol. The fraction of sp³-hybridized carbons (Fsp3) is 0.385. The van der Waals surface area contributed by atoms with Gasteiger partial charge in [-0.2, -0.15) is 0 Å². The number of aliphatic carboxylic acids is 1. The molecule has 0 saturated heterocycles. The molecule has 1 rings (SSSR count). The summed E-state index contributed by atoms with van der Waals surface area (Å²) in [5, 5.41) is 24.5. The van der Waals surface area contributed by atoms with E-state index in [9.17, 15) is 19.7 Å². The fourth-order valence-corrected chi connectivity index (χ4v) is 1.81. The lowest BCUT2D eigenvalue weighted by molar-refractivity contribution is -0.385. The highest BCUT2D eigenvalue weighted by atomic mass is 16.6. The molecule has 8 nitrogen and oxygen atoms in total. The Balaban J connectivity index is 2.77. The van der Waals surface area contributed by atoms with Crippen molar-refractivity contribution in [2.45, 2.75) is 32.7 Å². The Morgan fingerprint density at radius 1 is 1.43 bits per heavy atom. The molecule has 0 aliphatic heterocycles. The number of benzene rings is 1. The summed E-state index contributed by atoms with van der Waals surface area (Å²) in [4.78, 5) is 32.7. The zero-order chi connectivity index (χ0) is 16.0. The molecule has 0 spiro atoms. The van der Waals surface area contributed by atoms with Gasteiger partial charge in [-0.1, -0.05) is 13.0 Å². The van der Waals surface area contributed by atoms with Crippen molar-refractivity contribution in [2.75, 3.05) is 5.32 Å². The number of nitro benzene ring substituents is 1. The van der Waals surface area contributed by atoms with Crippen LogP contribution in [0.15, 0.2) is 18.2 Å². The molecule has 0 fully saturated rings. The van der Waals surface area contributed by atoms with Crippen molar-refractivity contribution >= 4 is 23.4 Å². The summed E-state index contributed by atoms with van der Waals surface area (Å²) in [5.74, 6) is -1.01. The molecule has 1 atom stereocenters. The average Bonchev–Trinajstić information content (AvgIpc) is 2.39. The molecule has 1 unspecified atom stereocenters. The summed E-state index contributed by atoms with van der Waals surface area (Å²) in [6.45, 7) is 3.29. The van der Waals surface area contributed by atoms with E-state index in [4.69, 9.17) is 5.11 Å². The number of amides is 2. The first-order chi connectivity index (χ1) is 9.85. The van der Waals surface area contributed by atoms with Crippen molar-refractivity contribution in [3.05, 3.63) is 33.9 Å². The maximum Gasteiger partial charge on any atom is 0.319 e. The van der Waals surface area contributed by atoms with Gasteiger partial charge in [-0.05, 0) is 19.4 Å². The van der Waals surface area contributed by atoms with Gasteiger partial charge in [0.05, 0.1) is 22.6 Å². The first kappa shape index (κ1) is 16.4. The standard InChI is InChI=1S/C13H17N3O5/c1-3-9(7-12(17)18)14-13(19)15-10-5-4-6-11(8(10)2)16(20)21/h4-6,9H,3,7H2,1-2H3,(H,17,18)(H2,14,15,19). The highest BCUT2D eigenvalue weighted by Gasteiger charge is 2.17. The molecule has 0 heterocycles. The van der Waals surface area contributed by atoms with Crippen LogP contribution in [-0.2, 0) is 4.79 Å². The second-order valence-corrected chi connectivity index (χ2v) is 4.51. The predicted molar refractivity (Wildman–Crippen MR) is 76.3 cm³/mol. The van der Waals surface area contributed by atoms with Gasteiger partial charge in [-0.3, -0.25) is 14.9 Å². The lowest BCUT2D eigenvalue weighted by atomic mass is 10.1. The van der Waals surface area contributed by atoms with Crippen LogP contribution in [0.1, 0.15) is 25.3 Å². The monoisotopic (exact) mass is 295 g/mol. The minimum Gasteiger partial charge on any atom is -0.481 e. The van der Waals surface area contributed by atoms with Crippen molar-refractivity contribution < 1.29 is 19.6 Å². The third-order valence-corrected chi connectivity index (χ3v) is 3.00. The van der Waals surface area contributed by atoms with E-state index in [0.717, 1.165) is 0 Å². The summed E-state index contributed by atoms with van der Waals surface area (Å²) >= 11 is 0. The summed E-state index contributed by atoms with van der Waals surface area (Å²) < 4.78 is 0. The smallest absolute Gasteiger partial charge is 0.319 e. The third kappa shape index (κ3) is 4.75. The molecule has 114 valence electrons. The van der Waals surface area contributed by atoms with Gasteiger partial charge in [0, 0.05) is 12.1 Å². The number of urea groups is 1. The van der Waals surface area contributed by atoms with E-state index < -0.39 is 23.0 Å². The number of nitrogens with one attached hydrogen (secondary N) is 2. The molecule has 0 saturated carbocycles. The number of carbonyl (C=O) groups is 2. The van der Waals surface area contributed by atoms with Gasteiger partial charge in [-0.15, -0.1) is 0 Å². The molecule has 1 aromatic carbocycles. The van der Waals surface area contributed by atoms with Crippen molar-refractivity contribution in [3.63, 3.8) is 0 Å². The fourth-order valence-electron chi connectivity index (χ4n) is 1.81. The number of hydrogen-bond acceptors (Lipinski definition) is 4. The van der Waals surface area contributed by atoms with Crippen LogP contribution < -0.4 is 10.6 Å². The molecule has 1 aromatic rings. The van der Waals surface area contributed by atoms with E-state index in [0.29, 0.717) is 17.7 Å². The third-order valence-electron chi connectivity index (χ3n) is 3.00. The lowest BCUT2D eigenvalue weighted by Crippen LogP contribution is -2.39. The minimum absolute atomic E-state index is 0.0922. The number of anilines is 1. The molecule has 0 radical (unpaired) electrons. The SMILES string of the molecule is CCC(CC(=O)O)NC(=O)Nc1cccc([N+](=O)[O-])c1C. The van der Waals surface area contributed by atoms with Gasteiger partial charge in [-0.25, -0.2) is 4.79 Å². The van der Waals surface area contributed by atoms with Gasteiger partial charge >= 0.3 is 12.0 Å². The molecule has 0 aliphatic rings. The van der Waals surface area contributed by atoms with Crippen LogP contribution >= 0.6 is 0 Å². The zero-order valence-electron chi connectivity index (χ0n) is 11.8. The predicted octanol–water partition coefficient (Wildman–Crippen LogP) is 2.28. The molecule has 3 N–H and O–H groups in total. The van der Waals surface area contributed by atoms with Crippen molar-refractivity contribution in [3.8, 4) is 0 Å². The molecule has 0 bridgehead atoms. The van der Waals surface area contributed by atoms with Crippen LogP contribution in [0.2, 0.25) is 0 Å². The summed E-state index contributed by atoms with van der Waals surface area (Å²) in [5.41, 5.74) is 0.557. The number of rotatable bonds is 6. The highest BCUT2D eigenvalue weighted by molar-refractivity contribution is 5.91. The van der Waals surface area contributed by atoms with E-state index in [1.165, 1.54) is 19.1 Å². The largest absolute Gasteiger partial charge is 0.481 e. The van der Waals surface area contributed by atoms with E-state index in [-0.39, 0.29) is 12.1 Å². The first-order valence-electron chi connectivity index (χ1n) is 6.38. The number of carbonyl (C=O) groups excluding carboxylic acids is 1. The second kappa shape index (κ2) is 7.22. The number of nitro groups is 1. The van der Waals surface area contributed by atoms with E-state index in [1.807, 2.05) is 0 Å². The summed E-state index contributed by atoms with van der Waals surface area (Å²) in [6, 6.07) is 3.26. The summed E-state index contributed by atoms with van der Waals surface area (Å²) in [7, 11) is 0. The Hall–Kier alpha value is -2.64. The van der Waals surface area contributed by atoms with Gasteiger partial charge in [0.15, 0.2) is 0 Å². The normalized spacial score (nSPS) is 11.5. The van der Waals surface area contributed by atoms with Gasteiger partial charge in [0.25, 0.3) is 5.69 Å². The molecule has 0 aliphatic carbocycles. The highest BCUT2D eigenvalue weighted by Crippen LogP contribution is 2.24. The minimum atomic E-state index is -1.01. The molecule has 21 heavy (non-hydrogen) atoms. The Morgan fingerprint density at radius 2 is 2.10 bits per heavy atom. The molecule has 0 aromatic heterocycles. The van der Waals surface area contributed by atoms with Crippen LogP contribution in [-0.4, -0.2) is 28.1 Å². The quantitative estimate of drug-likeness (QED) is 0.549. The molecule has 8 heteroatoms. The maximum atomic E-state index is 11.8. The molecular formula is C13H17N3O5. The van der Waals surface area contributed by atoms with Gasteiger partial charge in [0.2, 0.25) is 0 Å². The number of hydrogen-bond donors (Lipinski definition) is 3. The van der Waals surface area contributed by atoms with Crippen LogP contribution in [0.25, 0.3) is 0 Å². The van der Waals surface area contributed by atoms with E-state index >= 15 is 0 Å². The maximum absolute atomic E-state index is 11.8. The van der Waals surface area contributed by atoms with E-state index in [2.05, 4.69) is 10.6 Å². The Bertz CT molecular complexity index is 559. The number of carboxylic acids is 1. The Labute approximate surface area is 121 Å². The zero-order valence-corrected chi connectivity index (χ0v) is 11.8. The van der Waals surface area contributed by atoms with Crippen LogP contribution in [0.5, 0.6) is 0 Å². The van der Waals surface area contributed by atoms with Gasteiger partial charge in [0.1, 0.15) is 0 Å². The van der Waals surface area contributed by atoms with Gasteiger partial charge < -0.3 is 15.7 Å². The summed E-state index contributed by atoms with van der Waals surface area (Å²) in [6.07, 6.45) is 0.283. The van der Waals surface area contributed by atoms with Crippen molar-refractivity contribution in [1.82, 2.24) is 5.32 Å². The van der Waals surface area contributed by atoms with Crippen LogP contribution in [0, 0.1) is 17.0 Å². The molecule has 2 amide bonds. The van der Waals surface area contributed by atoms with Crippen molar-refractivity contribution in [1.29, 1.82) is 0 Å². The first-order valence-corrected chi connectivity index (χ1v) is 6.38. The van der Waals surface area contributed by atoms with E-state index in [1.54, 1.807) is 13.0 Å². The Kier molecular flexibility index (Phi) is 5.65. The Morgan fingerprint density at radius 3 is 2.62 bits per heavy atom. The van der Waals surface area contributed by atoms with Crippen molar-refractivity contribution in [2.24, 2.45) is 0 Å². The second-order valence-electron chi connectivity index (χ2n) is 4.51. The average molecular weight is 295 g/mol. The van der Waals surface area contributed by atoms with Crippen LogP contribution in [0.3, 0.4) is 0 Å². The number of nitrogens with zero attached hydrogens (tertiary/aromatic N) is 1.